The van der Waals surface area contributed by atoms with Gasteiger partial charge in [-0.15, -0.1) is 10.2 Å². The smallest absolute Gasteiger partial charge is 0.222 e. The SMILES string of the molecule is O=C(CCC1CCCC1)N1CCC(c2nnc3n2CCNC3)CC1. The van der Waals surface area contributed by atoms with Gasteiger partial charge in [-0.25, -0.2) is 0 Å². The van der Waals surface area contributed by atoms with Crippen molar-refractivity contribution in [3.63, 3.8) is 0 Å². The maximum Gasteiger partial charge on any atom is 0.222 e. The summed E-state index contributed by atoms with van der Waals surface area (Å²) in [6, 6.07) is 0. The number of rotatable bonds is 4. The van der Waals surface area contributed by atoms with E-state index in [4.69, 9.17) is 0 Å². The minimum atomic E-state index is 0.368. The first-order valence-electron chi connectivity index (χ1n) is 9.71. The molecular formula is C18H29N5O. The summed E-state index contributed by atoms with van der Waals surface area (Å²) in [5.41, 5.74) is 0. The van der Waals surface area contributed by atoms with E-state index in [1.54, 1.807) is 0 Å². The highest BCUT2D eigenvalue weighted by molar-refractivity contribution is 5.76. The molecule has 0 radical (unpaired) electrons. The molecule has 1 saturated carbocycles. The average Bonchev–Trinajstić information content (AvgIpc) is 3.29. The number of amides is 1. The quantitative estimate of drug-likeness (QED) is 0.917. The molecule has 24 heavy (non-hydrogen) atoms. The number of aromatic nitrogens is 3. The number of hydrogen-bond donors (Lipinski definition) is 1. The van der Waals surface area contributed by atoms with Crippen LogP contribution in [0.25, 0.3) is 0 Å². The van der Waals surface area contributed by atoms with Crippen LogP contribution in [0.5, 0.6) is 0 Å². The van der Waals surface area contributed by atoms with E-state index in [-0.39, 0.29) is 0 Å². The fourth-order valence-corrected chi connectivity index (χ4v) is 4.59. The molecule has 2 fully saturated rings. The van der Waals surface area contributed by atoms with E-state index in [2.05, 4.69) is 25.0 Å². The molecule has 1 N–H and O–H groups in total. The van der Waals surface area contributed by atoms with Gasteiger partial charge in [-0.05, 0) is 25.2 Å². The molecule has 3 heterocycles. The third-order valence-electron chi connectivity index (χ3n) is 6.11. The molecule has 0 spiro atoms. The van der Waals surface area contributed by atoms with E-state index in [1.165, 1.54) is 25.7 Å². The third-order valence-corrected chi connectivity index (χ3v) is 6.11. The standard InChI is InChI=1S/C18H29N5O/c24-17(6-5-14-3-1-2-4-14)22-10-7-15(8-11-22)18-21-20-16-13-19-9-12-23(16)18/h14-15,19H,1-13H2. The summed E-state index contributed by atoms with van der Waals surface area (Å²) in [6.07, 6.45) is 9.31. The number of nitrogens with zero attached hydrogens (tertiary/aromatic N) is 4. The molecule has 1 aliphatic carbocycles. The van der Waals surface area contributed by atoms with E-state index in [0.717, 1.165) is 76.0 Å². The predicted molar refractivity (Wildman–Crippen MR) is 91.5 cm³/mol. The van der Waals surface area contributed by atoms with Crippen LogP contribution in [0.15, 0.2) is 0 Å². The molecule has 2 aliphatic heterocycles. The van der Waals surface area contributed by atoms with Gasteiger partial charge >= 0.3 is 0 Å². The first kappa shape index (κ1) is 16.1. The van der Waals surface area contributed by atoms with Gasteiger partial charge in [0.2, 0.25) is 5.91 Å². The maximum absolute atomic E-state index is 12.5. The van der Waals surface area contributed by atoms with Crippen LogP contribution in [0.3, 0.4) is 0 Å². The lowest BCUT2D eigenvalue weighted by Gasteiger charge is -2.32. The van der Waals surface area contributed by atoms with Crippen LogP contribution < -0.4 is 5.32 Å². The maximum atomic E-state index is 12.5. The van der Waals surface area contributed by atoms with Crippen molar-refractivity contribution < 1.29 is 4.79 Å². The molecule has 0 unspecified atom stereocenters. The topological polar surface area (TPSA) is 63.1 Å². The zero-order chi connectivity index (χ0) is 16.4. The van der Waals surface area contributed by atoms with Crippen molar-refractivity contribution in [2.75, 3.05) is 19.6 Å². The molecule has 6 nitrogen and oxygen atoms in total. The zero-order valence-electron chi connectivity index (χ0n) is 14.5. The minimum Gasteiger partial charge on any atom is -0.343 e. The molecule has 1 amide bonds. The van der Waals surface area contributed by atoms with E-state index in [1.807, 2.05) is 0 Å². The van der Waals surface area contributed by atoms with E-state index < -0.39 is 0 Å². The number of fused-ring (bicyclic) bond motifs is 1. The summed E-state index contributed by atoms with van der Waals surface area (Å²) in [7, 11) is 0. The van der Waals surface area contributed by atoms with Gasteiger partial charge in [-0.2, -0.15) is 0 Å². The highest BCUT2D eigenvalue weighted by atomic mass is 16.2. The van der Waals surface area contributed by atoms with Gasteiger partial charge in [0.15, 0.2) is 0 Å². The Labute approximate surface area is 144 Å². The Bertz CT molecular complexity index is 570. The second-order valence-corrected chi connectivity index (χ2v) is 7.65. The largest absolute Gasteiger partial charge is 0.343 e. The van der Waals surface area contributed by atoms with Gasteiger partial charge in [0.1, 0.15) is 11.6 Å². The normalized spacial score (nSPS) is 22.8. The first-order valence-corrected chi connectivity index (χ1v) is 9.71. The summed E-state index contributed by atoms with van der Waals surface area (Å²) in [6.45, 7) is 4.56. The molecule has 132 valence electrons. The predicted octanol–water partition coefficient (Wildman–Crippen LogP) is 2.06. The van der Waals surface area contributed by atoms with E-state index >= 15 is 0 Å². The van der Waals surface area contributed by atoms with E-state index in [9.17, 15) is 4.79 Å². The summed E-state index contributed by atoms with van der Waals surface area (Å²) in [5.74, 6) is 3.84. The number of carbonyl (C=O) groups is 1. The minimum absolute atomic E-state index is 0.368. The summed E-state index contributed by atoms with van der Waals surface area (Å²) < 4.78 is 2.29. The second kappa shape index (κ2) is 7.21. The van der Waals surface area contributed by atoms with Crippen molar-refractivity contribution in [1.29, 1.82) is 0 Å². The lowest BCUT2D eigenvalue weighted by Crippen LogP contribution is -2.39. The average molecular weight is 331 g/mol. The van der Waals surface area contributed by atoms with Crippen LogP contribution in [0.1, 0.15) is 68.9 Å². The molecular weight excluding hydrogens is 302 g/mol. The van der Waals surface area contributed by atoms with Crippen LogP contribution in [0.4, 0.5) is 0 Å². The van der Waals surface area contributed by atoms with Crippen molar-refractivity contribution in [2.45, 2.75) is 70.4 Å². The number of piperidine rings is 1. The fraction of sp³-hybridized carbons (Fsp3) is 0.833. The highest BCUT2D eigenvalue weighted by Gasteiger charge is 2.29. The van der Waals surface area contributed by atoms with Gasteiger partial charge in [-0.1, -0.05) is 25.7 Å². The van der Waals surface area contributed by atoms with Gasteiger partial charge in [0.25, 0.3) is 0 Å². The Kier molecular flexibility index (Phi) is 4.83. The molecule has 0 bridgehead atoms. The van der Waals surface area contributed by atoms with Gasteiger partial charge in [0, 0.05) is 38.5 Å². The Morgan fingerprint density at radius 2 is 1.88 bits per heavy atom. The third kappa shape index (κ3) is 3.34. The molecule has 3 aliphatic rings. The van der Waals surface area contributed by atoms with Gasteiger partial charge < -0.3 is 14.8 Å². The zero-order valence-corrected chi connectivity index (χ0v) is 14.5. The van der Waals surface area contributed by atoms with Crippen LogP contribution in [-0.2, 0) is 17.9 Å². The molecule has 4 rings (SSSR count). The van der Waals surface area contributed by atoms with Crippen molar-refractivity contribution in [1.82, 2.24) is 25.0 Å². The summed E-state index contributed by atoms with van der Waals surface area (Å²) in [4.78, 5) is 14.5. The van der Waals surface area contributed by atoms with Crippen molar-refractivity contribution in [2.24, 2.45) is 5.92 Å². The Balaban J connectivity index is 1.28. The number of hydrogen-bond acceptors (Lipinski definition) is 4. The van der Waals surface area contributed by atoms with Crippen molar-refractivity contribution in [3.05, 3.63) is 11.6 Å². The molecule has 6 heteroatoms. The number of likely N-dealkylation sites (tertiary alicyclic amines) is 1. The monoisotopic (exact) mass is 331 g/mol. The highest BCUT2D eigenvalue weighted by Crippen LogP contribution is 2.30. The lowest BCUT2D eigenvalue weighted by atomic mass is 9.95. The second-order valence-electron chi connectivity index (χ2n) is 7.65. The van der Waals surface area contributed by atoms with E-state index in [0.29, 0.717) is 11.8 Å². The Morgan fingerprint density at radius 1 is 1.08 bits per heavy atom. The summed E-state index contributed by atoms with van der Waals surface area (Å²) in [5, 5.41) is 12.1. The molecule has 1 aromatic rings. The molecule has 0 atom stereocenters. The molecule has 0 aromatic carbocycles. The van der Waals surface area contributed by atoms with Gasteiger partial charge in [-0.3, -0.25) is 4.79 Å². The van der Waals surface area contributed by atoms with Crippen molar-refractivity contribution in [3.8, 4) is 0 Å². The first-order chi connectivity index (χ1) is 11.8. The van der Waals surface area contributed by atoms with Gasteiger partial charge in [0.05, 0.1) is 6.54 Å². The fourth-order valence-electron chi connectivity index (χ4n) is 4.59. The van der Waals surface area contributed by atoms with Crippen LogP contribution in [0.2, 0.25) is 0 Å². The molecule has 1 saturated heterocycles. The number of nitrogens with one attached hydrogen (secondary N) is 1. The molecule has 1 aromatic heterocycles. The van der Waals surface area contributed by atoms with Crippen LogP contribution in [0, 0.1) is 5.92 Å². The summed E-state index contributed by atoms with van der Waals surface area (Å²) >= 11 is 0. The number of carbonyl (C=O) groups excluding carboxylic acids is 1. The Hall–Kier alpha value is -1.43. The lowest BCUT2D eigenvalue weighted by molar-refractivity contribution is -0.132. The van der Waals surface area contributed by atoms with Crippen LogP contribution in [-0.4, -0.2) is 45.2 Å². The van der Waals surface area contributed by atoms with Crippen LogP contribution >= 0.6 is 0 Å². The van der Waals surface area contributed by atoms with Crippen molar-refractivity contribution >= 4 is 5.91 Å². The Morgan fingerprint density at radius 3 is 2.67 bits per heavy atom.